The molecule has 5 nitrogen and oxygen atoms in total. The first-order valence-corrected chi connectivity index (χ1v) is 5.67. The van der Waals surface area contributed by atoms with E-state index in [0.29, 0.717) is 18.1 Å². The van der Waals surface area contributed by atoms with Gasteiger partial charge in [0.25, 0.3) is 0 Å². The van der Waals surface area contributed by atoms with Gasteiger partial charge in [-0.05, 0) is 38.1 Å². The first-order chi connectivity index (χ1) is 8.50. The highest BCUT2D eigenvalue weighted by Gasteiger charge is 2.21. The van der Waals surface area contributed by atoms with Crippen LogP contribution in [0.2, 0.25) is 0 Å². The van der Waals surface area contributed by atoms with Gasteiger partial charge < -0.3 is 14.4 Å². The van der Waals surface area contributed by atoms with Crippen LogP contribution in [0.25, 0.3) is 11.4 Å². The number of benzene rings is 1. The number of methoxy groups -OCH3 is 1. The number of phenols is 1. The average molecular weight is 248 g/mol. The first-order valence-electron chi connectivity index (χ1n) is 5.67. The molecule has 18 heavy (non-hydrogen) atoms. The Morgan fingerprint density at radius 2 is 1.94 bits per heavy atom. The van der Waals surface area contributed by atoms with Crippen LogP contribution < -0.4 is 0 Å². The maximum atomic E-state index is 9.21. The number of hydrogen-bond acceptors (Lipinski definition) is 5. The molecular weight excluding hydrogens is 232 g/mol. The highest BCUT2D eigenvalue weighted by Crippen LogP contribution is 2.21. The molecule has 1 aromatic carbocycles. The number of hydrogen-bond donors (Lipinski definition) is 1. The van der Waals surface area contributed by atoms with Crippen molar-refractivity contribution < 1.29 is 14.4 Å². The van der Waals surface area contributed by atoms with E-state index in [0.717, 1.165) is 5.56 Å². The van der Waals surface area contributed by atoms with Crippen LogP contribution in [0, 0.1) is 0 Å². The molecule has 0 aliphatic heterocycles. The number of rotatable bonds is 4. The van der Waals surface area contributed by atoms with Gasteiger partial charge >= 0.3 is 0 Å². The second-order valence-electron chi connectivity index (χ2n) is 4.70. The predicted molar refractivity (Wildman–Crippen MR) is 66.2 cm³/mol. The fourth-order valence-corrected chi connectivity index (χ4v) is 1.49. The molecule has 2 aromatic rings. The van der Waals surface area contributed by atoms with E-state index >= 15 is 0 Å². The summed E-state index contributed by atoms with van der Waals surface area (Å²) in [6.07, 6.45) is 0.550. The zero-order valence-corrected chi connectivity index (χ0v) is 10.7. The van der Waals surface area contributed by atoms with Crippen LogP contribution in [-0.2, 0) is 11.2 Å². The van der Waals surface area contributed by atoms with Crippen LogP contribution >= 0.6 is 0 Å². The molecule has 0 saturated carbocycles. The van der Waals surface area contributed by atoms with Gasteiger partial charge in [0.2, 0.25) is 11.7 Å². The summed E-state index contributed by atoms with van der Waals surface area (Å²) in [5.74, 6) is 1.25. The van der Waals surface area contributed by atoms with Gasteiger partial charge in [-0.3, -0.25) is 0 Å². The maximum Gasteiger partial charge on any atom is 0.229 e. The van der Waals surface area contributed by atoms with Crippen LogP contribution in [0.4, 0.5) is 0 Å². The second kappa shape index (κ2) is 4.78. The van der Waals surface area contributed by atoms with Crippen LogP contribution in [0.1, 0.15) is 19.7 Å². The van der Waals surface area contributed by atoms with Gasteiger partial charge in [-0.15, -0.1) is 0 Å². The van der Waals surface area contributed by atoms with Crippen molar-refractivity contribution in [3.63, 3.8) is 0 Å². The largest absolute Gasteiger partial charge is 0.508 e. The van der Waals surface area contributed by atoms with Crippen LogP contribution in [0.3, 0.4) is 0 Å². The molecule has 2 rings (SSSR count). The Labute approximate surface area is 105 Å². The van der Waals surface area contributed by atoms with E-state index in [9.17, 15) is 5.11 Å². The quantitative estimate of drug-likeness (QED) is 0.899. The fraction of sp³-hybridized carbons (Fsp3) is 0.385. The summed E-state index contributed by atoms with van der Waals surface area (Å²) in [7, 11) is 1.65. The van der Waals surface area contributed by atoms with Gasteiger partial charge in [-0.1, -0.05) is 5.16 Å². The SMILES string of the molecule is COC(C)(C)Cc1nc(-c2ccc(O)cc2)no1. The summed E-state index contributed by atoms with van der Waals surface area (Å²) in [5, 5.41) is 13.1. The van der Waals surface area contributed by atoms with Crippen molar-refractivity contribution in [2.45, 2.75) is 25.9 Å². The normalized spacial score (nSPS) is 11.7. The minimum Gasteiger partial charge on any atom is -0.508 e. The molecule has 0 radical (unpaired) electrons. The summed E-state index contributed by atoms with van der Waals surface area (Å²) in [4.78, 5) is 4.30. The Morgan fingerprint density at radius 1 is 1.28 bits per heavy atom. The molecule has 0 unspecified atom stereocenters. The lowest BCUT2D eigenvalue weighted by Gasteiger charge is -2.19. The highest BCUT2D eigenvalue weighted by molar-refractivity contribution is 5.55. The minimum absolute atomic E-state index is 0.211. The highest BCUT2D eigenvalue weighted by atomic mass is 16.5. The molecule has 1 aromatic heterocycles. The fourth-order valence-electron chi connectivity index (χ4n) is 1.49. The Morgan fingerprint density at radius 3 is 2.56 bits per heavy atom. The third kappa shape index (κ3) is 2.87. The van der Waals surface area contributed by atoms with E-state index in [4.69, 9.17) is 9.26 Å². The van der Waals surface area contributed by atoms with Gasteiger partial charge in [0, 0.05) is 12.7 Å². The topological polar surface area (TPSA) is 68.4 Å². The lowest BCUT2D eigenvalue weighted by Crippen LogP contribution is -2.25. The van der Waals surface area contributed by atoms with E-state index in [1.165, 1.54) is 0 Å². The molecule has 0 amide bonds. The minimum atomic E-state index is -0.335. The molecule has 0 fully saturated rings. The van der Waals surface area contributed by atoms with Crippen LogP contribution in [-0.4, -0.2) is 28.0 Å². The van der Waals surface area contributed by atoms with Gasteiger partial charge in [-0.25, -0.2) is 0 Å². The Hall–Kier alpha value is -1.88. The molecule has 0 bridgehead atoms. The molecule has 0 atom stereocenters. The molecular formula is C13H16N2O3. The number of aromatic hydroxyl groups is 1. The Balaban J connectivity index is 2.18. The van der Waals surface area contributed by atoms with Crippen LogP contribution in [0.15, 0.2) is 28.8 Å². The Kier molecular flexibility index (Phi) is 3.34. The summed E-state index contributed by atoms with van der Waals surface area (Å²) in [5.41, 5.74) is 0.469. The molecule has 0 aliphatic carbocycles. The maximum absolute atomic E-state index is 9.21. The zero-order valence-electron chi connectivity index (χ0n) is 10.7. The van der Waals surface area contributed by atoms with E-state index in [2.05, 4.69) is 10.1 Å². The summed E-state index contributed by atoms with van der Waals surface area (Å²) in [6, 6.07) is 6.66. The third-order valence-corrected chi connectivity index (χ3v) is 2.72. The lowest BCUT2D eigenvalue weighted by atomic mass is 10.1. The molecule has 96 valence electrons. The Bertz CT molecular complexity index is 517. The van der Waals surface area contributed by atoms with Crippen molar-refractivity contribution in [3.8, 4) is 17.1 Å². The summed E-state index contributed by atoms with van der Waals surface area (Å²) >= 11 is 0. The zero-order chi connectivity index (χ0) is 13.2. The van der Waals surface area contributed by atoms with Crippen molar-refractivity contribution in [1.29, 1.82) is 0 Å². The number of nitrogens with zero attached hydrogens (tertiary/aromatic N) is 2. The second-order valence-corrected chi connectivity index (χ2v) is 4.70. The standard InChI is InChI=1S/C13H16N2O3/c1-13(2,17-3)8-11-14-12(15-18-11)9-4-6-10(16)7-5-9/h4-7,16H,8H2,1-3H3. The van der Waals surface area contributed by atoms with Crippen molar-refractivity contribution in [2.75, 3.05) is 7.11 Å². The van der Waals surface area contributed by atoms with E-state index in [1.807, 2.05) is 13.8 Å². The lowest BCUT2D eigenvalue weighted by molar-refractivity contribution is 0.0170. The monoisotopic (exact) mass is 248 g/mol. The number of ether oxygens (including phenoxy) is 1. The molecule has 0 aliphatic rings. The number of phenolic OH excluding ortho intramolecular Hbond substituents is 1. The molecule has 5 heteroatoms. The molecule has 1 N–H and O–H groups in total. The summed E-state index contributed by atoms with van der Waals surface area (Å²) in [6.45, 7) is 3.91. The average Bonchev–Trinajstić information content (AvgIpc) is 2.78. The molecule has 0 spiro atoms. The van der Waals surface area contributed by atoms with Crippen molar-refractivity contribution >= 4 is 0 Å². The van der Waals surface area contributed by atoms with Gasteiger partial charge in [0.1, 0.15) is 5.75 Å². The van der Waals surface area contributed by atoms with E-state index in [-0.39, 0.29) is 11.4 Å². The van der Waals surface area contributed by atoms with Gasteiger partial charge in [-0.2, -0.15) is 4.98 Å². The summed E-state index contributed by atoms with van der Waals surface area (Å²) < 4.78 is 10.5. The van der Waals surface area contributed by atoms with Crippen LogP contribution in [0.5, 0.6) is 5.75 Å². The molecule has 0 saturated heterocycles. The van der Waals surface area contributed by atoms with Crippen molar-refractivity contribution in [3.05, 3.63) is 30.2 Å². The number of aromatic nitrogens is 2. The van der Waals surface area contributed by atoms with Crippen molar-refractivity contribution in [1.82, 2.24) is 10.1 Å². The van der Waals surface area contributed by atoms with E-state index in [1.54, 1.807) is 31.4 Å². The van der Waals surface area contributed by atoms with Crippen molar-refractivity contribution in [2.24, 2.45) is 0 Å². The first kappa shape index (κ1) is 12.6. The van der Waals surface area contributed by atoms with Gasteiger partial charge in [0.15, 0.2) is 0 Å². The van der Waals surface area contributed by atoms with E-state index < -0.39 is 0 Å². The smallest absolute Gasteiger partial charge is 0.229 e. The molecule has 1 heterocycles. The third-order valence-electron chi connectivity index (χ3n) is 2.72. The van der Waals surface area contributed by atoms with Gasteiger partial charge in [0.05, 0.1) is 12.0 Å². The predicted octanol–water partition coefficient (Wildman–Crippen LogP) is 2.41.